The number of benzene rings is 2. The first-order chi connectivity index (χ1) is 10.6. The molecule has 22 heavy (non-hydrogen) atoms. The number of carbonyl (C=O) groups is 1. The van der Waals surface area contributed by atoms with Gasteiger partial charge in [0.1, 0.15) is 11.3 Å². The molecule has 0 radical (unpaired) electrons. The molecule has 0 aliphatic heterocycles. The van der Waals surface area contributed by atoms with E-state index in [-0.39, 0.29) is 17.9 Å². The second-order valence-electron chi connectivity index (χ2n) is 4.92. The van der Waals surface area contributed by atoms with E-state index < -0.39 is 5.56 Å². The molecule has 0 atom stereocenters. The Morgan fingerprint density at radius 1 is 1.14 bits per heavy atom. The summed E-state index contributed by atoms with van der Waals surface area (Å²) in [5.41, 5.74) is 0.620. The first-order valence-corrected chi connectivity index (χ1v) is 7.03. The van der Waals surface area contributed by atoms with Gasteiger partial charge < -0.3 is 9.67 Å². The van der Waals surface area contributed by atoms with Crippen LogP contribution in [0.4, 0.5) is 0 Å². The van der Waals surface area contributed by atoms with E-state index in [0.717, 1.165) is 5.56 Å². The fourth-order valence-electron chi connectivity index (χ4n) is 2.46. The molecular weight excluding hydrogens is 302 g/mol. The van der Waals surface area contributed by atoms with Gasteiger partial charge in [0.25, 0.3) is 5.56 Å². The first-order valence-electron chi connectivity index (χ1n) is 6.66. The molecule has 5 heteroatoms. The molecule has 0 saturated carbocycles. The Labute approximate surface area is 131 Å². The zero-order valence-electron chi connectivity index (χ0n) is 11.5. The number of aromatic nitrogens is 1. The molecule has 2 aromatic carbocycles. The number of hydrogen-bond donors (Lipinski definition) is 1. The summed E-state index contributed by atoms with van der Waals surface area (Å²) in [5, 5.41) is 11.0. The lowest BCUT2D eigenvalue weighted by molar-refractivity contribution is 0.111. The maximum Gasteiger partial charge on any atom is 0.265 e. The molecule has 0 aliphatic carbocycles. The van der Waals surface area contributed by atoms with Gasteiger partial charge in [-0.05, 0) is 23.8 Å². The normalized spacial score (nSPS) is 10.8. The summed E-state index contributed by atoms with van der Waals surface area (Å²) in [7, 11) is 0. The van der Waals surface area contributed by atoms with Crippen molar-refractivity contribution in [3.8, 4) is 5.75 Å². The third-order valence-corrected chi connectivity index (χ3v) is 3.77. The summed E-state index contributed by atoms with van der Waals surface area (Å²) in [6.07, 6.45) is 0.382. The van der Waals surface area contributed by atoms with Crippen LogP contribution in [0.15, 0.2) is 53.3 Å². The van der Waals surface area contributed by atoms with Gasteiger partial charge in [0, 0.05) is 10.4 Å². The van der Waals surface area contributed by atoms with Gasteiger partial charge in [0.2, 0.25) is 0 Å². The highest BCUT2D eigenvalue weighted by molar-refractivity contribution is 6.31. The summed E-state index contributed by atoms with van der Waals surface area (Å²) < 4.78 is 1.44. The van der Waals surface area contributed by atoms with Gasteiger partial charge in [-0.2, -0.15) is 0 Å². The van der Waals surface area contributed by atoms with E-state index in [0.29, 0.717) is 22.2 Å². The average molecular weight is 314 g/mol. The van der Waals surface area contributed by atoms with Crippen LogP contribution in [-0.4, -0.2) is 16.0 Å². The van der Waals surface area contributed by atoms with Crippen molar-refractivity contribution < 1.29 is 9.90 Å². The molecule has 0 aliphatic rings. The minimum Gasteiger partial charge on any atom is -0.506 e. The van der Waals surface area contributed by atoms with Gasteiger partial charge in [0.05, 0.1) is 12.1 Å². The molecular formula is C17H12ClNO3. The van der Waals surface area contributed by atoms with Gasteiger partial charge in [-0.3, -0.25) is 9.59 Å². The summed E-state index contributed by atoms with van der Waals surface area (Å²) in [6.45, 7) is 0.289. The smallest absolute Gasteiger partial charge is 0.265 e. The molecule has 0 unspecified atom stereocenters. The Hall–Kier alpha value is -2.59. The molecule has 110 valence electrons. The van der Waals surface area contributed by atoms with E-state index in [4.69, 9.17) is 11.6 Å². The Kier molecular flexibility index (Phi) is 3.69. The predicted octanol–water partition coefficient (Wildman–Crippen LogP) is 3.22. The molecule has 1 N–H and O–H groups in total. The topological polar surface area (TPSA) is 59.3 Å². The molecule has 3 rings (SSSR count). The Morgan fingerprint density at radius 3 is 2.55 bits per heavy atom. The SMILES string of the molecule is O=Cc1c(O)c2ccc(Cl)cc2n(Cc2ccccc2)c1=O. The molecule has 0 fully saturated rings. The number of aldehydes is 1. The van der Waals surface area contributed by atoms with Crippen LogP contribution < -0.4 is 5.56 Å². The number of fused-ring (bicyclic) bond motifs is 1. The first kappa shape index (κ1) is 14.4. The van der Waals surface area contributed by atoms with Crippen LogP contribution in [-0.2, 0) is 6.54 Å². The number of aromatic hydroxyl groups is 1. The lowest BCUT2D eigenvalue weighted by Crippen LogP contribution is -2.24. The highest BCUT2D eigenvalue weighted by Crippen LogP contribution is 2.28. The highest BCUT2D eigenvalue weighted by Gasteiger charge is 2.16. The van der Waals surface area contributed by atoms with Crippen LogP contribution in [0.25, 0.3) is 10.9 Å². The van der Waals surface area contributed by atoms with Crippen LogP contribution in [0.3, 0.4) is 0 Å². The van der Waals surface area contributed by atoms with E-state index in [9.17, 15) is 14.7 Å². The van der Waals surface area contributed by atoms with Crippen LogP contribution in [0, 0.1) is 0 Å². The Morgan fingerprint density at radius 2 is 1.86 bits per heavy atom. The predicted molar refractivity (Wildman–Crippen MR) is 85.8 cm³/mol. The van der Waals surface area contributed by atoms with Crippen LogP contribution in [0.1, 0.15) is 15.9 Å². The van der Waals surface area contributed by atoms with Crippen molar-refractivity contribution in [2.24, 2.45) is 0 Å². The van der Waals surface area contributed by atoms with E-state index in [1.54, 1.807) is 18.2 Å². The molecule has 0 amide bonds. The molecule has 0 spiro atoms. The average Bonchev–Trinajstić information content (AvgIpc) is 2.53. The zero-order chi connectivity index (χ0) is 15.7. The quantitative estimate of drug-likeness (QED) is 0.755. The van der Waals surface area contributed by atoms with E-state index in [1.807, 2.05) is 30.3 Å². The van der Waals surface area contributed by atoms with Gasteiger partial charge in [0.15, 0.2) is 6.29 Å². The molecule has 1 aromatic heterocycles. The van der Waals surface area contributed by atoms with Crippen molar-refractivity contribution >= 4 is 28.8 Å². The van der Waals surface area contributed by atoms with Crippen molar-refractivity contribution in [2.45, 2.75) is 6.54 Å². The van der Waals surface area contributed by atoms with E-state index in [1.165, 1.54) is 4.57 Å². The minimum absolute atomic E-state index is 0.245. The third-order valence-electron chi connectivity index (χ3n) is 3.54. The van der Waals surface area contributed by atoms with Gasteiger partial charge in [-0.1, -0.05) is 41.9 Å². The number of rotatable bonds is 3. The standard InChI is InChI=1S/C17H12ClNO3/c18-12-6-7-13-15(8-12)19(9-11-4-2-1-3-5-11)17(22)14(10-20)16(13)21/h1-8,10,21H,9H2. The third kappa shape index (κ3) is 2.38. The lowest BCUT2D eigenvalue weighted by Gasteiger charge is -2.13. The van der Waals surface area contributed by atoms with Crippen molar-refractivity contribution in [3.05, 3.63) is 75.0 Å². The van der Waals surface area contributed by atoms with Crippen molar-refractivity contribution in [3.63, 3.8) is 0 Å². The van der Waals surface area contributed by atoms with Crippen LogP contribution >= 0.6 is 11.6 Å². The zero-order valence-corrected chi connectivity index (χ0v) is 12.2. The molecule has 4 nitrogen and oxygen atoms in total. The summed E-state index contributed by atoms with van der Waals surface area (Å²) >= 11 is 6.01. The van der Waals surface area contributed by atoms with Gasteiger partial charge in [-0.25, -0.2) is 0 Å². The van der Waals surface area contributed by atoms with Gasteiger partial charge >= 0.3 is 0 Å². The van der Waals surface area contributed by atoms with Crippen LogP contribution in [0.5, 0.6) is 5.75 Å². The molecule has 0 saturated heterocycles. The number of pyridine rings is 1. The van der Waals surface area contributed by atoms with Crippen molar-refractivity contribution in [1.29, 1.82) is 0 Å². The van der Waals surface area contributed by atoms with Crippen molar-refractivity contribution in [2.75, 3.05) is 0 Å². The van der Waals surface area contributed by atoms with Gasteiger partial charge in [-0.15, -0.1) is 0 Å². The maximum absolute atomic E-state index is 12.5. The summed E-state index contributed by atoms with van der Waals surface area (Å²) in [6, 6.07) is 14.2. The highest BCUT2D eigenvalue weighted by atomic mass is 35.5. The van der Waals surface area contributed by atoms with E-state index in [2.05, 4.69) is 0 Å². The Bertz CT molecular complexity index is 917. The van der Waals surface area contributed by atoms with E-state index >= 15 is 0 Å². The van der Waals surface area contributed by atoms with Crippen LogP contribution in [0.2, 0.25) is 5.02 Å². The largest absolute Gasteiger partial charge is 0.506 e. The fourth-order valence-corrected chi connectivity index (χ4v) is 2.63. The maximum atomic E-state index is 12.5. The summed E-state index contributed by atoms with van der Waals surface area (Å²) in [5.74, 6) is -0.309. The number of halogens is 1. The monoisotopic (exact) mass is 313 g/mol. The number of hydrogen-bond acceptors (Lipinski definition) is 3. The lowest BCUT2D eigenvalue weighted by atomic mass is 10.1. The second-order valence-corrected chi connectivity index (χ2v) is 5.35. The second kappa shape index (κ2) is 5.66. The number of nitrogens with zero attached hydrogens (tertiary/aromatic N) is 1. The van der Waals surface area contributed by atoms with Crippen molar-refractivity contribution in [1.82, 2.24) is 4.57 Å². The Balaban J connectivity index is 2.34. The molecule has 3 aromatic rings. The summed E-state index contributed by atoms with van der Waals surface area (Å²) in [4.78, 5) is 23.6. The minimum atomic E-state index is -0.536. The fraction of sp³-hybridized carbons (Fsp3) is 0.0588. The molecule has 1 heterocycles. The number of carbonyl (C=O) groups excluding carboxylic acids is 1. The molecule has 0 bridgehead atoms.